The van der Waals surface area contributed by atoms with Gasteiger partial charge in [-0.15, -0.1) is 0 Å². The van der Waals surface area contributed by atoms with Gasteiger partial charge in [-0.2, -0.15) is 0 Å². The molecule has 1 aromatic heterocycles. The van der Waals surface area contributed by atoms with Crippen LogP contribution in [0, 0.1) is 0 Å². The number of ether oxygens (including phenoxy) is 2. The first-order valence-electron chi connectivity index (χ1n) is 9.67. The van der Waals surface area contributed by atoms with E-state index in [0.29, 0.717) is 32.0 Å². The minimum Gasteiger partial charge on any atom is -0.496 e. The summed E-state index contributed by atoms with van der Waals surface area (Å²) in [6, 6.07) is 15.7. The summed E-state index contributed by atoms with van der Waals surface area (Å²) in [5.74, 6) is 1.33. The lowest BCUT2D eigenvalue weighted by molar-refractivity contribution is -0.116. The molecule has 28 heavy (non-hydrogen) atoms. The minimum atomic E-state index is -0.0627. The Morgan fingerprint density at radius 3 is 2.75 bits per heavy atom. The first kappa shape index (κ1) is 19.9. The average Bonchev–Trinajstić information content (AvgIpc) is 3.07. The van der Waals surface area contributed by atoms with Crippen LogP contribution in [0.5, 0.6) is 5.75 Å². The van der Waals surface area contributed by atoms with Gasteiger partial charge in [0, 0.05) is 26.2 Å². The summed E-state index contributed by atoms with van der Waals surface area (Å²) >= 11 is 0. The third-order valence-electron chi connectivity index (χ3n) is 4.59. The predicted molar refractivity (Wildman–Crippen MR) is 111 cm³/mol. The van der Waals surface area contributed by atoms with Gasteiger partial charge in [0.25, 0.3) is 0 Å². The summed E-state index contributed by atoms with van der Waals surface area (Å²) in [6.45, 7) is 4.12. The number of carbonyl (C=O) groups excluding carboxylic acids is 1. The molecular weight excluding hydrogens is 354 g/mol. The zero-order chi connectivity index (χ0) is 19.8. The van der Waals surface area contributed by atoms with Crippen LogP contribution in [0.2, 0.25) is 0 Å². The first-order chi connectivity index (χ1) is 13.7. The molecule has 0 saturated heterocycles. The van der Waals surface area contributed by atoms with Crippen molar-refractivity contribution in [1.82, 2.24) is 9.55 Å². The molecule has 0 atom stereocenters. The highest BCUT2D eigenvalue weighted by Crippen LogP contribution is 2.22. The Kier molecular flexibility index (Phi) is 7.03. The molecular formula is C22H27N3O3. The number of anilines is 1. The number of amides is 1. The summed E-state index contributed by atoms with van der Waals surface area (Å²) in [5.41, 5.74) is 2.91. The molecule has 0 saturated carbocycles. The summed E-state index contributed by atoms with van der Waals surface area (Å²) in [7, 11) is 1.64. The zero-order valence-corrected chi connectivity index (χ0v) is 16.5. The average molecular weight is 381 g/mol. The fourth-order valence-electron chi connectivity index (χ4n) is 3.21. The Balaban J connectivity index is 1.69. The number of hydrogen-bond donors (Lipinski definition) is 1. The molecule has 3 rings (SSSR count). The van der Waals surface area contributed by atoms with Gasteiger partial charge in [0.1, 0.15) is 5.75 Å². The summed E-state index contributed by atoms with van der Waals surface area (Å²) in [5, 5.41) is 2.98. The number of carbonyl (C=O) groups is 1. The van der Waals surface area contributed by atoms with Crippen LogP contribution in [0.1, 0.15) is 25.3 Å². The first-order valence-corrected chi connectivity index (χ1v) is 9.67. The normalized spacial score (nSPS) is 10.9. The molecule has 0 aliphatic carbocycles. The second-order valence-electron chi connectivity index (χ2n) is 6.49. The molecule has 1 N–H and O–H groups in total. The number of methoxy groups -OCH3 is 1. The van der Waals surface area contributed by atoms with Gasteiger partial charge >= 0.3 is 0 Å². The number of nitrogens with one attached hydrogen (secondary N) is 1. The fourth-order valence-corrected chi connectivity index (χ4v) is 3.21. The van der Waals surface area contributed by atoms with Crippen molar-refractivity contribution in [3.05, 3.63) is 54.1 Å². The zero-order valence-electron chi connectivity index (χ0n) is 16.5. The van der Waals surface area contributed by atoms with Crippen molar-refractivity contribution in [2.24, 2.45) is 0 Å². The third kappa shape index (κ3) is 4.89. The van der Waals surface area contributed by atoms with Crippen LogP contribution in [0.3, 0.4) is 0 Å². The van der Waals surface area contributed by atoms with E-state index in [-0.39, 0.29) is 5.91 Å². The number of aryl methyl sites for hydroxylation is 2. The number of nitrogens with zero attached hydrogens (tertiary/aromatic N) is 2. The van der Waals surface area contributed by atoms with Gasteiger partial charge in [-0.25, -0.2) is 4.98 Å². The molecule has 0 unspecified atom stereocenters. The Hall–Kier alpha value is -2.86. The van der Waals surface area contributed by atoms with Crippen molar-refractivity contribution in [3.63, 3.8) is 0 Å². The quantitative estimate of drug-likeness (QED) is 0.538. The molecule has 0 aliphatic rings. The second kappa shape index (κ2) is 9.90. The molecule has 3 aromatic rings. The molecule has 0 bridgehead atoms. The van der Waals surface area contributed by atoms with E-state index in [2.05, 4.69) is 14.9 Å². The summed E-state index contributed by atoms with van der Waals surface area (Å²) < 4.78 is 12.9. The molecule has 6 nitrogen and oxygen atoms in total. The number of benzene rings is 2. The number of para-hydroxylation sites is 3. The van der Waals surface area contributed by atoms with Crippen LogP contribution in [0.4, 0.5) is 5.95 Å². The molecule has 6 heteroatoms. The molecule has 2 aromatic carbocycles. The topological polar surface area (TPSA) is 65.4 Å². The number of fused-ring (bicyclic) bond motifs is 1. The highest BCUT2D eigenvalue weighted by Gasteiger charge is 2.13. The van der Waals surface area contributed by atoms with Crippen molar-refractivity contribution >= 4 is 22.9 Å². The van der Waals surface area contributed by atoms with Crippen molar-refractivity contribution in [2.45, 2.75) is 32.7 Å². The Morgan fingerprint density at radius 2 is 1.93 bits per heavy atom. The Morgan fingerprint density at radius 1 is 1.14 bits per heavy atom. The smallest absolute Gasteiger partial charge is 0.227 e. The largest absolute Gasteiger partial charge is 0.496 e. The van der Waals surface area contributed by atoms with Gasteiger partial charge in [0.05, 0.1) is 18.1 Å². The fraction of sp³-hybridized carbons (Fsp3) is 0.364. The van der Waals surface area contributed by atoms with E-state index >= 15 is 0 Å². The number of aromatic nitrogens is 2. The number of imidazole rings is 1. The van der Waals surface area contributed by atoms with E-state index < -0.39 is 0 Å². The predicted octanol–water partition coefficient (Wildman–Crippen LogP) is 4.04. The maximum absolute atomic E-state index is 12.6. The summed E-state index contributed by atoms with van der Waals surface area (Å²) in [6.07, 6.45) is 1.83. The maximum Gasteiger partial charge on any atom is 0.227 e. The van der Waals surface area contributed by atoms with E-state index in [4.69, 9.17) is 9.47 Å². The van der Waals surface area contributed by atoms with Crippen LogP contribution in [-0.4, -0.2) is 35.8 Å². The lowest BCUT2D eigenvalue weighted by atomic mass is 10.1. The van der Waals surface area contributed by atoms with Crippen molar-refractivity contribution in [2.75, 3.05) is 25.6 Å². The van der Waals surface area contributed by atoms with Crippen LogP contribution in [-0.2, 0) is 22.5 Å². The second-order valence-corrected chi connectivity index (χ2v) is 6.49. The number of hydrogen-bond acceptors (Lipinski definition) is 4. The molecule has 1 heterocycles. The summed E-state index contributed by atoms with van der Waals surface area (Å²) in [4.78, 5) is 17.2. The third-order valence-corrected chi connectivity index (χ3v) is 4.59. The van der Waals surface area contributed by atoms with Gasteiger partial charge in [-0.1, -0.05) is 30.3 Å². The molecule has 1 amide bonds. The highest BCUT2D eigenvalue weighted by molar-refractivity contribution is 5.91. The Labute approximate surface area is 165 Å². The molecule has 0 aliphatic heterocycles. The van der Waals surface area contributed by atoms with E-state index in [1.165, 1.54) is 0 Å². The van der Waals surface area contributed by atoms with E-state index in [0.717, 1.165) is 35.3 Å². The molecule has 0 spiro atoms. The van der Waals surface area contributed by atoms with Gasteiger partial charge in [0.2, 0.25) is 11.9 Å². The van der Waals surface area contributed by atoms with Crippen molar-refractivity contribution in [3.8, 4) is 5.75 Å². The van der Waals surface area contributed by atoms with Crippen LogP contribution >= 0.6 is 0 Å². The molecule has 0 radical (unpaired) electrons. The van der Waals surface area contributed by atoms with Crippen molar-refractivity contribution < 1.29 is 14.3 Å². The SMILES string of the molecule is CCOCCCn1c(NC(=O)CCc2ccccc2OC)nc2ccccc21. The lowest BCUT2D eigenvalue weighted by Gasteiger charge is -2.11. The van der Waals surface area contributed by atoms with Gasteiger partial charge in [-0.05, 0) is 43.5 Å². The van der Waals surface area contributed by atoms with Crippen molar-refractivity contribution in [1.29, 1.82) is 0 Å². The van der Waals surface area contributed by atoms with Gasteiger partial charge in [0.15, 0.2) is 0 Å². The van der Waals surface area contributed by atoms with Gasteiger partial charge in [-0.3, -0.25) is 10.1 Å². The molecule has 148 valence electrons. The standard InChI is InChI=1S/C22H27N3O3/c1-3-28-16-8-15-25-19-11-6-5-10-18(19)23-22(25)24-21(26)14-13-17-9-4-7-12-20(17)27-2/h4-7,9-12H,3,8,13-16H2,1-2H3,(H,23,24,26). The Bertz CT molecular complexity index is 920. The van der Waals surface area contributed by atoms with E-state index in [9.17, 15) is 4.79 Å². The monoisotopic (exact) mass is 381 g/mol. The minimum absolute atomic E-state index is 0.0627. The van der Waals surface area contributed by atoms with E-state index in [1.807, 2.05) is 55.5 Å². The van der Waals surface area contributed by atoms with E-state index in [1.54, 1.807) is 7.11 Å². The van der Waals surface area contributed by atoms with Crippen LogP contribution < -0.4 is 10.1 Å². The van der Waals surface area contributed by atoms with Gasteiger partial charge < -0.3 is 14.0 Å². The van der Waals surface area contributed by atoms with Crippen LogP contribution in [0.15, 0.2) is 48.5 Å². The lowest BCUT2D eigenvalue weighted by Crippen LogP contribution is -2.17. The molecule has 0 fully saturated rings. The maximum atomic E-state index is 12.6. The number of rotatable bonds is 10. The van der Waals surface area contributed by atoms with Crippen LogP contribution in [0.25, 0.3) is 11.0 Å². The highest BCUT2D eigenvalue weighted by atomic mass is 16.5.